The Kier molecular flexibility index (Phi) is 5.60. The van der Waals surface area contributed by atoms with Crippen molar-refractivity contribution in [3.8, 4) is 17.2 Å². The van der Waals surface area contributed by atoms with Crippen molar-refractivity contribution in [1.29, 1.82) is 0 Å². The van der Waals surface area contributed by atoms with Gasteiger partial charge in [0.05, 0.1) is 29.3 Å². The lowest BCUT2D eigenvalue weighted by molar-refractivity contribution is 0.102. The van der Waals surface area contributed by atoms with E-state index in [0.717, 1.165) is 18.5 Å². The molecule has 1 aliphatic carbocycles. The molecule has 1 fully saturated rings. The predicted octanol–water partition coefficient (Wildman–Crippen LogP) is 4.03. The largest absolute Gasteiger partial charge is 0.306 e. The second-order valence-corrected chi connectivity index (χ2v) is 8.41. The van der Waals surface area contributed by atoms with Gasteiger partial charge < -0.3 is 9.88 Å². The molecule has 1 saturated carbocycles. The molecule has 1 unspecified atom stereocenters. The molecule has 0 bridgehead atoms. The molecule has 1 aliphatic rings. The number of rotatable bonds is 7. The van der Waals surface area contributed by atoms with Gasteiger partial charge in [-0.2, -0.15) is 0 Å². The van der Waals surface area contributed by atoms with Gasteiger partial charge in [-0.25, -0.2) is 23.4 Å². The summed E-state index contributed by atoms with van der Waals surface area (Å²) < 4.78 is 31.0. The van der Waals surface area contributed by atoms with Crippen molar-refractivity contribution in [1.82, 2.24) is 34.7 Å². The van der Waals surface area contributed by atoms with E-state index in [0.29, 0.717) is 22.9 Å². The van der Waals surface area contributed by atoms with Gasteiger partial charge in [0.15, 0.2) is 0 Å². The van der Waals surface area contributed by atoms with Crippen molar-refractivity contribution in [3.05, 3.63) is 65.5 Å². The third-order valence-corrected chi connectivity index (χ3v) is 5.76. The standard InChI is InChI=1S/C23H22F2N8O/c1-13-8-17(25)16(9-20(13)32-11-19(26-12-32)15-6-7-15)23(34)28-21-5-3-4-18(27-21)22-29-30-31-33(22)14(2)10-24/h3-5,8-9,11-12,14-15H,6-7,10H2,1-2H3,(H,27,28,34). The fourth-order valence-electron chi connectivity index (χ4n) is 3.71. The van der Waals surface area contributed by atoms with Crippen LogP contribution in [0.25, 0.3) is 17.2 Å². The normalized spacial score (nSPS) is 14.2. The van der Waals surface area contributed by atoms with Crippen LogP contribution in [-0.4, -0.2) is 47.3 Å². The van der Waals surface area contributed by atoms with E-state index in [1.807, 2.05) is 10.8 Å². The highest BCUT2D eigenvalue weighted by atomic mass is 19.1. The second-order valence-electron chi connectivity index (χ2n) is 8.41. The van der Waals surface area contributed by atoms with Gasteiger partial charge >= 0.3 is 0 Å². The number of aryl methyl sites for hydroxylation is 1. The molecule has 1 atom stereocenters. The Labute approximate surface area is 193 Å². The van der Waals surface area contributed by atoms with Crippen LogP contribution in [-0.2, 0) is 0 Å². The zero-order valence-electron chi connectivity index (χ0n) is 18.6. The van der Waals surface area contributed by atoms with E-state index in [9.17, 15) is 13.6 Å². The van der Waals surface area contributed by atoms with Gasteiger partial charge in [-0.05, 0) is 66.9 Å². The highest BCUT2D eigenvalue weighted by molar-refractivity contribution is 6.04. The van der Waals surface area contributed by atoms with Crippen LogP contribution in [0.4, 0.5) is 14.6 Å². The number of imidazole rings is 1. The number of anilines is 1. The fourth-order valence-corrected chi connectivity index (χ4v) is 3.71. The number of amides is 1. The van der Waals surface area contributed by atoms with Gasteiger partial charge in [-0.15, -0.1) is 5.10 Å². The zero-order chi connectivity index (χ0) is 23.8. The van der Waals surface area contributed by atoms with Crippen molar-refractivity contribution in [2.24, 2.45) is 0 Å². The molecule has 1 aromatic carbocycles. The summed E-state index contributed by atoms with van der Waals surface area (Å²) in [4.78, 5) is 21.8. The Hall–Kier alpha value is -4.02. The summed E-state index contributed by atoms with van der Waals surface area (Å²) >= 11 is 0. The molecule has 4 aromatic rings. The first kappa shape index (κ1) is 21.8. The van der Waals surface area contributed by atoms with Crippen LogP contribution < -0.4 is 5.32 Å². The van der Waals surface area contributed by atoms with Crippen molar-refractivity contribution in [3.63, 3.8) is 0 Å². The van der Waals surface area contributed by atoms with E-state index in [4.69, 9.17) is 0 Å². The average molecular weight is 464 g/mol. The first-order chi connectivity index (χ1) is 16.4. The summed E-state index contributed by atoms with van der Waals surface area (Å²) in [6.45, 7) is 2.77. The number of alkyl halides is 1. The van der Waals surface area contributed by atoms with Crippen molar-refractivity contribution >= 4 is 11.7 Å². The Morgan fingerprint density at radius 1 is 1.29 bits per heavy atom. The molecule has 0 spiro atoms. The van der Waals surface area contributed by atoms with Crippen LogP contribution >= 0.6 is 0 Å². The molecule has 3 heterocycles. The molecule has 0 aliphatic heterocycles. The van der Waals surface area contributed by atoms with Crippen molar-refractivity contribution < 1.29 is 13.6 Å². The van der Waals surface area contributed by atoms with E-state index in [-0.39, 0.29) is 17.2 Å². The summed E-state index contributed by atoms with van der Waals surface area (Å²) in [6.07, 6.45) is 5.85. The van der Waals surface area contributed by atoms with Crippen LogP contribution in [0.15, 0.2) is 42.9 Å². The minimum Gasteiger partial charge on any atom is -0.306 e. The Morgan fingerprint density at radius 2 is 2.12 bits per heavy atom. The number of nitrogens with zero attached hydrogens (tertiary/aromatic N) is 7. The quantitative estimate of drug-likeness (QED) is 0.443. The minimum absolute atomic E-state index is 0.120. The third-order valence-electron chi connectivity index (χ3n) is 5.76. The molecule has 3 aromatic heterocycles. The summed E-state index contributed by atoms with van der Waals surface area (Å²) in [6, 6.07) is 7.12. The number of carbonyl (C=O) groups excluding carboxylic acids is 1. The van der Waals surface area contributed by atoms with E-state index < -0.39 is 24.4 Å². The average Bonchev–Trinajstić information content (AvgIpc) is 3.35. The summed E-state index contributed by atoms with van der Waals surface area (Å²) in [5, 5.41) is 13.9. The lowest BCUT2D eigenvalue weighted by Gasteiger charge is -2.12. The number of tetrazole rings is 1. The molecule has 11 heteroatoms. The topological polar surface area (TPSA) is 103 Å². The fraction of sp³-hybridized carbons (Fsp3) is 0.304. The highest BCUT2D eigenvalue weighted by Gasteiger charge is 2.26. The molecule has 34 heavy (non-hydrogen) atoms. The minimum atomic E-state index is -0.650. The molecule has 1 amide bonds. The number of halogens is 2. The molecule has 5 rings (SSSR count). The van der Waals surface area contributed by atoms with E-state index in [1.54, 1.807) is 38.4 Å². The summed E-state index contributed by atoms with van der Waals surface area (Å²) in [5.41, 5.74) is 2.58. The Morgan fingerprint density at radius 3 is 2.88 bits per heavy atom. The van der Waals surface area contributed by atoms with Crippen molar-refractivity contribution in [2.45, 2.75) is 38.6 Å². The number of pyridine rings is 1. The van der Waals surface area contributed by atoms with E-state index >= 15 is 0 Å². The smallest absolute Gasteiger partial charge is 0.259 e. The lowest BCUT2D eigenvalue weighted by Crippen LogP contribution is -2.16. The van der Waals surface area contributed by atoms with Gasteiger partial charge in [0.25, 0.3) is 5.91 Å². The zero-order valence-corrected chi connectivity index (χ0v) is 18.6. The van der Waals surface area contributed by atoms with Gasteiger partial charge in [0.2, 0.25) is 5.82 Å². The molecule has 174 valence electrons. The summed E-state index contributed by atoms with van der Waals surface area (Å²) in [5.74, 6) is -0.362. The lowest BCUT2D eigenvalue weighted by atomic mass is 10.1. The van der Waals surface area contributed by atoms with Crippen LogP contribution in [0.2, 0.25) is 0 Å². The molecular formula is C23H22F2N8O. The highest BCUT2D eigenvalue weighted by Crippen LogP contribution is 2.39. The molecule has 9 nitrogen and oxygen atoms in total. The first-order valence-electron chi connectivity index (χ1n) is 10.9. The third kappa shape index (κ3) is 4.16. The summed E-state index contributed by atoms with van der Waals surface area (Å²) in [7, 11) is 0. The number of hydrogen-bond donors (Lipinski definition) is 1. The maximum absolute atomic E-state index is 14.8. The van der Waals surface area contributed by atoms with E-state index in [1.165, 1.54) is 16.8 Å². The van der Waals surface area contributed by atoms with Crippen LogP contribution in [0.3, 0.4) is 0 Å². The van der Waals surface area contributed by atoms with Crippen LogP contribution in [0, 0.1) is 12.7 Å². The van der Waals surface area contributed by atoms with Crippen LogP contribution in [0.1, 0.15) is 53.3 Å². The predicted molar refractivity (Wildman–Crippen MR) is 120 cm³/mol. The maximum atomic E-state index is 14.8. The second kappa shape index (κ2) is 8.73. The number of benzene rings is 1. The number of hydrogen-bond acceptors (Lipinski definition) is 6. The molecular weight excluding hydrogens is 442 g/mol. The van der Waals surface area contributed by atoms with Gasteiger partial charge in [0, 0.05) is 12.1 Å². The van der Waals surface area contributed by atoms with Gasteiger partial charge in [-0.1, -0.05) is 6.07 Å². The Bertz CT molecular complexity index is 1360. The van der Waals surface area contributed by atoms with Gasteiger partial charge in [-0.3, -0.25) is 4.79 Å². The Balaban J connectivity index is 1.41. The first-order valence-corrected chi connectivity index (χ1v) is 10.9. The molecule has 1 N–H and O–H groups in total. The van der Waals surface area contributed by atoms with Crippen molar-refractivity contribution in [2.75, 3.05) is 12.0 Å². The molecule has 0 saturated heterocycles. The van der Waals surface area contributed by atoms with Crippen LogP contribution in [0.5, 0.6) is 0 Å². The monoisotopic (exact) mass is 464 g/mol. The SMILES string of the molecule is Cc1cc(F)c(C(=O)Nc2cccc(-c3nnnn3C(C)CF)n2)cc1-n1cnc(C2CC2)c1. The number of aromatic nitrogens is 7. The molecule has 0 radical (unpaired) electrons. The number of nitrogens with one attached hydrogen (secondary N) is 1. The van der Waals surface area contributed by atoms with E-state index in [2.05, 4.69) is 30.8 Å². The number of carbonyl (C=O) groups is 1. The van der Waals surface area contributed by atoms with Gasteiger partial charge in [0.1, 0.15) is 24.0 Å². The maximum Gasteiger partial charge on any atom is 0.259 e.